The summed E-state index contributed by atoms with van der Waals surface area (Å²) in [6.45, 7) is 3.09. The van der Waals surface area contributed by atoms with E-state index < -0.39 is 0 Å². The molecule has 1 N–H and O–H groups in total. The Morgan fingerprint density at radius 1 is 0.935 bits per heavy atom. The van der Waals surface area contributed by atoms with Crippen molar-refractivity contribution in [1.29, 1.82) is 0 Å². The molecular formula is C27H30N2O2. The molecule has 1 fully saturated rings. The van der Waals surface area contributed by atoms with Gasteiger partial charge < -0.3 is 10.1 Å². The molecule has 0 spiro atoms. The Morgan fingerprint density at radius 3 is 2.39 bits per heavy atom. The molecule has 0 aromatic heterocycles. The van der Waals surface area contributed by atoms with Gasteiger partial charge in [-0.05, 0) is 41.2 Å². The van der Waals surface area contributed by atoms with Gasteiger partial charge in [-0.2, -0.15) is 0 Å². The summed E-state index contributed by atoms with van der Waals surface area (Å²) in [7, 11) is 1.69. The van der Waals surface area contributed by atoms with Gasteiger partial charge in [0.2, 0.25) is 5.91 Å². The molecule has 4 rings (SSSR count). The Kier molecular flexibility index (Phi) is 7.00. The lowest BCUT2D eigenvalue weighted by Crippen LogP contribution is -2.45. The maximum atomic E-state index is 13.1. The summed E-state index contributed by atoms with van der Waals surface area (Å²) in [5.74, 6) is 1.31. The summed E-state index contributed by atoms with van der Waals surface area (Å²) < 4.78 is 5.39. The summed E-state index contributed by atoms with van der Waals surface area (Å²) in [5, 5.41) is 3.16. The van der Waals surface area contributed by atoms with Crippen LogP contribution in [-0.4, -0.2) is 31.0 Å². The smallest absolute Gasteiger partial charge is 0.224 e. The highest BCUT2D eigenvalue weighted by Crippen LogP contribution is 2.31. The first-order chi connectivity index (χ1) is 15.2. The number of amides is 1. The van der Waals surface area contributed by atoms with E-state index in [9.17, 15) is 4.79 Å². The highest BCUT2D eigenvalue weighted by Gasteiger charge is 2.32. The molecule has 3 aromatic rings. The van der Waals surface area contributed by atoms with Crippen LogP contribution < -0.4 is 10.1 Å². The topological polar surface area (TPSA) is 41.6 Å². The molecule has 2 atom stereocenters. The second-order valence-electron chi connectivity index (χ2n) is 8.29. The van der Waals surface area contributed by atoms with Crippen LogP contribution in [0, 0.1) is 5.92 Å². The van der Waals surface area contributed by atoms with Crippen molar-refractivity contribution in [3.8, 4) is 5.75 Å². The van der Waals surface area contributed by atoms with Crippen LogP contribution in [0.15, 0.2) is 84.9 Å². The van der Waals surface area contributed by atoms with Gasteiger partial charge in [0.25, 0.3) is 0 Å². The quantitative estimate of drug-likeness (QED) is 0.614. The molecule has 160 valence electrons. The molecule has 2 unspecified atom stereocenters. The van der Waals surface area contributed by atoms with Gasteiger partial charge in [-0.25, -0.2) is 0 Å². The maximum absolute atomic E-state index is 13.1. The van der Waals surface area contributed by atoms with Crippen molar-refractivity contribution in [2.24, 2.45) is 5.92 Å². The standard InChI is InChI=1S/C27H30N2O2/c1-31-26-14-8-11-22(15-26)18-29-19-24(23-12-6-3-7-13-23)16-25(20-29)27(30)28-17-21-9-4-2-5-10-21/h2-15,24-25H,16-20H2,1H3,(H,28,30). The minimum Gasteiger partial charge on any atom is -0.497 e. The van der Waals surface area contributed by atoms with E-state index in [0.717, 1.165) is 37.4 Å². The van der Waals surface area contributed by atoms with E-state index in [1.807, 2.05) is 48.5 Å². The van der Waals surface area contributed by atoms with Gasteiger partial charge in [0.1, 0.15) is 5.75 Å². The SMILES string of the molecule is COc1cccc(CN2CC(C(=O)NCc3ccccc3)CC(c3ccccc3)C2)c1. The second-order valence-corrected chi connectivity index (χ2v) is 8.29. The lowest BCUT2D eigenvalue weighted by atomic mass is 9.84. The van der Waals surface area contributed by atoms with E-state index in [1.165, 1.54) is 11.1 Å². The van der Waals surface area contributed by atoms with E-state index in [4.69, 9.17) is 4.74 Å². The summed E-state index contributed by atoms with van der Waals surface area (Å²) >= 11 is 0. The van der Waals surface area contributed by atoms with Crippen LogP contribution in [0.1, 0.15) is 29.0 Å². The monoisotopic (exact) mass is 414 g/mol. The fraction of sp³-hybridized carbons (Fsp3) is 0.296. The predicted molar refractivity (Wildman–Crippen MR) is 124 cm³/mol. The Bertz CT molecular complexity index is 975. The molecule has 1 saturated heterocycles. The first-order valence-electron chi connectivity index (χ1n) is 10.9. The molecule has 1 heterocycles. The summed E-state index contributed by atoms with van der Waals surface area (Å²) in [6.07, 6.45) is 0.874. The van der Waals surface area contributed by atoms with Crippen molar-refractivity contribution in [2.75, 3.05) is 20.2 Å². The van der Waals surface area contributed by atoms with Crippen molar-refractivity contribution in [2.45, 2.75) is 25.4 Å². The highest BCUT2D eigenvalue weighted by molar-refractivity contribution is 5.79. The number of methoxy groups -OCH3 is 1. The molecule has 0 aliphatic carbocycles. The fourth-order valence-electron chi connectivity index (χ4n) is 4.43. The van der Waals surface area contributed by atoms with Gasteiger partial charge in [-0.15, -0.1) is 0 Å². The van der Waals surface area contributed by atoms with Crippen LogP contribution in [-0.2, 0) is 17.9 Å². The summed E-state index contributed by atoms with van der Waals surface area (Å²) in [6, 6.07) is 28.9. The molecule has 4 heteroatoms. The molecule has 4 nitrogen and oxygen atoms in total. The third kappa shape index (κ3) is 5.74. The van der Waals surface area contributed by atoms with Gasteiger partial charge >= 0.3 is 0 Å². The Labute approximate surface area is 184 Å². The number of carbonyl (C=O) groups is 1. The van der Waals surface area contributed by atoms with Crippen molar-refractivity contribution < 1.29 is 9.53 Å². The fourth-order valence-corrected chi connectivity index (χ4v) is 4.43. The van der Waals surface area contributed by atoms with Crippen LogP contribution in [0.5, 0.6) is 5.75 Å². The Morgan fingerprint density at radius 2 is 1.65 bits per heavy atom. The molecule has 1 amide bonds. The number of piperidine rings is 1. The molecule has 0 bridgehead atoms. The Hall–Kier alpha value is -3.11. The third-order valence-electron chi connectivity index (χ3n) is 6.02. The molecule has 31 heavy (non-hydrogen) atoms. The van der Waals surface area contributed by atoms with E-state index in [2.05, 4.69) is 46.6 Å². The summed E-state index contributed by atoms with van der Waals surface area (Å²) in [5.41, 5.74) is 3.63. The minimum absolute atomic E-state index is 0.0340. The molecule has 0 radical (unpaired) electrons. The van der Waals surface area contributed by atoms with Crippen LogP contribution in [0.2, 0.25) is 0 Å². The van der Waals surface area contributed by atoms with Crippen molar-refractivity contribution >= 4 is 5.91 Å². The van der Waals surface area contributed by atoms with E-state index in [0.29, 0.717) is 12.5 Å². The van der Waals surface area contributed by atoms with E-state index in [-0.39, 0.29) is 11.8 Å². The number of likely N-dealkylation sites (tertiary alicyclic amines) is 1. The number of hydrogen-bond donors (Lipinski definition) is 1. The van der Waals surface area contributed by atoms with Crippen LogP contribution in [0.3, 0.4) is 0 Å². The van der Waals surface area contributed by atoms with Gasteiger partial charge in [-0.3, -0.25) is 9.69 Å². The van der Waals surface area contributed by atoms with Gasteiger partial charge in [-0.1, -0.05) is 72.8 Å². The average Bonchev–Trinajstić information content (AvgIpc) is 2.83. The Balaban J connectivity index is 1.48. The van der Waals surface area contributed by atoms with Gasteiger partial charge in [0, 0.05) is 26.2 Å². The maximum Gasteiger partial charge on any atom is 0.224 e. The largest absolute Gasteiger partial charge is 0.497 e. The van der Waals surface area contributed by atoms with Gasteiger partial charge in [0.15, 0.2) is 0 Å². The molecule has 3 aromatic carbocycles. The van der Waals surface area contributed by atoms with Crippen molar-refractivity contribution in [3.63, 3.8) is 0 Å². The third-order valence-corrected chi connectivity index (χ3v) is 6.02. The number of ether oxygens (including phenoxy) is 1. The van der Waals surface area contributed by atoms with Gasteiger partial charge in [0.05, 0.1) is 13.0 Å². The van der Waals surface area contributed by atoms with Crippen LogP contribution in [0.4, 0.5) is 0 Å². The second kappa shape index (κ2) is 10.3. The number of carbonyl (C=O) groups excluding carboxylic acids is 1. The molecular weight excluding hydrogens is 384 g/mol. The lowest BCUT2D eigenvalue weighted by molar-refractivity contribution is -0.127. The number of rotatable bonds is 7. The van der Waals surface area contributed by atoms with Crippen LogP contribution in [0.25, 0.3) is 0 Å². The van der Waals surface area contributed by atoms with Crippen LogP contribution >= 0.6 is 0 Å². The minimum atomic E-state index is -0.0340. The lowest BCUT2D eigenvalue weighted by Gasteiger charge is -2.37. The van der Waals surface area contributed by atoms with Crippen molar-refractivity contribution in [3.05, 3.63) is 102 Å². The van der Waals surface area contributed by atoms with E-state index in [1.54, 1.807) is 7.11 Å². The number of benzene rings is 3. The van der Waals surface area contributed by atoms with Crippen molar-refractivity contribution in [1.82, 2.24) is 10.2 Å². The average molecular weight is 415 g/mol. The number of nitrogens with one attached hydrogen (secondary N) is 1. The summed E-state index contributed by atoms with van der Waals surface area (Å²) in [4.78, 5) is 15.5. The molecule has 0 saturated carbocycles. The normalized spacial score (nSPS) is 19.0. The zero-order valence-electron chi connectivity index (χ0n) is 18.0. The van der Waals surface area contributed by atoms with E-state index >= 15 is 0 Å². The molecule has 1 aliphatic rings. The predicted octanol–water partition coefficient (Wildman–Crippen LogP) is 4.62. The zero-order chi connectivity index (χ0) is 21.5. The first kappa shape index (κ1) is 21.1. The number of nitrogens with zero attached hydrogens (tertiary/aromatic N) is 1. The molecule has 1 aliphatic heterocycles. The zero-order valence-corrected chi connectivity index (χ0v) is 18.0. The number of hydrogen-bond acceptors (Lipinski definition) is 3. The highest BCUT2D eigenvalue weighted by atomic mass is 16.5. The first-order valence-corrected chi connectivity index (χ1v) is 10.9.